The van der Waals surface area contributed by atoms with Gasteiger partial charge < -0.3 is 5.73 Å². The zero-order chi connectivity index (χ0) is 13.7. The standard InChI is InChI=1S/C13H13N5O/c1-9-2-4-10(5-3-9)13(19)18-17-12(14)11-8-15-6-7-16-11/h2-8H,1H3,(H2,14,17)(H,18,19). The van der Waals surface area contributed by atoms with Crippen molar-refractivity contribution in [2.75, 3.05) is 0 Å². The molecule has 96 valence electrons. The number of amides is 1. The number of amidine groups is 1. The van der Waals surface area contributed by atoms with E-state index in [4.69, 9.17) is 5.73 Å². The molecule has 0 aliphatic heterocycles. The normalized spacial score (nSPS) is 11.1. The van der Waals surface area contributed by atoms with Gasteiger partial charge in [-0.2, -0.15) is 5.10 Å². The van der Waals surface area contributed by atoms with E-state index in [9.17, 15) is 4.79 Å². The van der Waals surface area contributed by atoms with Crippen molar-refractivity contribution in [2.24, 2.45) is 10.8 Å². The van der Waals surface area contributed by atoms with E-state index >= 15 is 0 Å². The molecule has 6 heteroatoms. The number of aromatic nitrogens is 2. The molecule has 3 N–H and O–H groups in total. The second kappa shape index (κ2) is 5.72. The highest BCUT2D eigenvalue weighted by Gasteiger charge is 2.05. The molecule has 6 nitrogen and oxygen atoms in total. The lowest BCUT2D eigenvalue weighted by atomic mass is 10.1. The van der Waals surface area contributed by atoms with Crippen LogP contribution in [0.2, 0.25) is 0 Å². The molecular weight excluding hydrogens is 242 g/mol. The van der Waals surface area contributed by atoms with Gasteiger partial charge in [-0.05, 0) is 19.1 Å². The zero-order valence-electron chi connectivity index (χ0n) is 10.4. The smallest absolute Gasteiger partial charge is 0.271 e. The first kappa shape index (κ1) is 12.7. The van der Waals surface area contributed by atoms with Crippen LogP contribution in [0, 0.1) is 6.92 Å². The fraction of sp³-hybridized carbons (Fsp3) is 0.0769. The molecule has 0 unspecified atom stereocenters. The Kier molecular flexibility index (Phi) is 3.82. The predicted octanol–water partition coefficient (Wildman–Crippen LogP) is 0.835. The summed E-state index contributed by atoms with van der Waals surface area (Å²) < 4.78 is 0. The van der Waals surface area contributed by atoms with Crippen molar-refractivity contribution < 1.29 is 4.79 Å². The van der Waals surface area contributed by atoms with E-state index in [1.165, 1.54) is 18.6 Å². The third kappa shape index (κ3) is 3.35. The largest absolute Gasteiger partial charge is 0.380 e. The van der Waals surface area contributed by atoms with Gasteiger partial charge in [-0.25, -0.2) is 10.4 Å². The van der Waals surface area contributed by atoms with Gasteiger partial charge in [-0.1, -0.05) is 17.7 Å². The van der Waals surface area contributed by atoms with E-state index in [2.05, 4.69) is 20.5 Å². The number of rotatable bonds is 3. The highest BCUT2D eigenvalue weighted by Crippen LogP contribution is 2.02. The average molecular weight is 255 g/mol. The Hall–Kier alpha value is -2.76. The summed E-state index contributed by atoms with van der Waals surface area (Å²) in [5, 5.41) is 3.79. The number of nitrogens with one attached hydrogen (secondary N) is 1. The molecule has 0 aliphatic rings. The van der Waals surface area contributed by atoms with Crippen molar-refractivity contribution in [2.45, 2.75) is 6.92 Å². The molecule has 0 fully saturated rings. The van der Waals surface area contributed by atoms with Gasteiger partial charge in [0.2, 0.25) is 0 Å². The maximum Gasteiger partial charge on any atom is 0.271 e. The summed E-state index contributed by atoms with van der Waals surface area (Å²) in [6, 6.07) is 7.15. The van der Waals surface area contributed by atoms with Crippen molar-refractivity contribution in [3.63, 3.8) is 0 Å². The number of nitrogens with two attached hydrogens (primary N) is 1. The summed E-state index contributed by atoms with van der Waals surface area (Å²) in [7, 11) is 0. The first-order chi connectivity index (χ1) is 9.16. The van der Waals surface area contributed by atoms with Crippen LogP contribution in [0.4, 0.5) is 0 Å². The molecule has 2 aromatic rings. The molecule has 1 amide bonds. The van der Waals surface area contributed by atoms with Crippen LogP contribution in [0.5, 0.6) is 0 Å². The van der Waals surface area contributed by atoms with Crippen LogP contribution in [-0.4, -0.2) is 21.7 Å². The molecule has 1 aromatic carbocycles. The van der Waals surface area contributed by atoms with Crippen molar-refractivity contribution in [3.8, 4) is 0 Å². The molecule has 1 heterocycles. The van der Waals surface area contributed by atoms with Crippen molar-refractivity contribution in [1.29, 1.82) is 0 Å². The number of benzene rings is 1. The van der Waals surface area contributed by atoms with E-state index in [-0.39, 0.29) is 11.7 Å². The van der Waals surface area contributed by atoms with Gasteiger partial charge in [0.1, 0.15) is 5.69 Å². The molecule has 0 aliphatic carbocycles. The molecular formula is C13H13N5O. The number of hydrazone groups is 1. The van der Waals surface area contributed by atoms with Crippen LogP contribution in [0.15, 0.2) is 48.0 Å². The van der Waals surface area contributed by atoms with Gasteiger partial charge in [0.15, 0.2) is 5.84 Å². The highest BCUT2D eigenvalue weighted by atomic mass is 16.2. The average Bonchev–Trinajstić information content (AvgIpc) is 2.46. The third-order valence-corrected chi connectivity index (χ3v) is 2.42. The van der Waals surface area contributed by atoms with Gasteiger partial charge in [0.25, 0.3) is 5.91 Å². The van der Waals surface area contributed by atoms with Crippen molar-refractivity contribution >= 4 is 11.7 Å². The Labute approximate surface area is 110 Å². The van der Waals surface area contributed by atoms with E-state index in [1.54, 1.807) is 12.1 Å². The number of aryl methyl sites for hydroxylation is 1. The van der Waals surface area contributed by atoms with Gasteiger partial charge in [-0.15, -0.1) is 0 Å². The van der Waals surface area contributed by atoms with Crippen molar-refractivity contribution in [1.82, 2.24) is 15.4 Å². The van der Waals surface area contributed by atoms with Crippen molar-refractivity contribution in [3.05, 3.63) is 59.7 Å². The summed E-state index contributed by atoms with van der Waals surface area (Å²) in [4.78, 5) is 19.6. The van der Waals surface area contributed by atoms with Crippen LogP contribution in [0.1, 0.15) is 21.6 Å². The maximum absolute atomic E-state index is 11.8. The molecule has 0 radical (unpaired) electrons. The monoisotopic (exact) mass is 255 g/mol. The van der Waals surface area contributed by atoms with Crippen LogP contribution < -0.4 is 11.2 Å². The van der Waals surface area contributed by atoms with E-state index < -0.39 is 0 Å². The van der Waals surface area contributed by atoms with Crippen LogP contribution in [0.25, 0.3) is 0 Å². The molecule has 0 bridgehead atoms. The van der Waals surface area contributed by atoms with E-state index in [1.807, 2.05) is 19.1 Å². The molecule has 2 rings (SSSR count). The van der Waals surface area contributed by atoms with Gasteiger partial charge in [-0.3, -0.25) is 9.78 Å². The Balaban J connectivity index is 2.06. The second-order valence-electron chi connectivity index (χ2n) is 3.89. The summed E-state index contributed by atoms with van der Waals surface area (Å²) in [5.41, 5.74) is 10.1. The lowest BCUT2D eigenvalue weighted by molar-refractivity contribution is 0.0955. The molecule has 0 saturated carbocycles. The maximum atomic E-state index is 11.8. The Morgan fingerprint density at radius 2 is 2.00 bits per heavy atom. The number of nitrogens with zero attached hydrogens (tertiary/aromatic N) is 3. The molecule has 0 saturated heterocycles. The van der Waals surface area contributed by atoms with Crippen LogP contribution >= 0.6 is 0 Å². The quantitative estimate of drug-likeness (QED) is 0.482. The Morgan fingerprint density at radius 3 is 2.63 bits per heavy atom. The van der Waals surface area contributed by atoms with Crippen LogP contribution in [0.3, 0.4) is 0 Å². The van der Waals surface area contributed by atoms with Gasteiger partial charge in [0, 0.05) is 18.0 Å². The summed E-state index contributed by atoms with van der Waals surface area (Å²) in [6.07, 6.45) is 4.50. The minimum atomic E-state index is -0.327. The number of carbonyl (C=O) groups is 1. The Bertz CT molecular complexity index is 592. The first-order valence-electron chi connectivity index (χ1n) is 5.63. The summed E-state index contributed by atoms with van der Waals surface area (Å²) in [5.74, 6) is -0.222. The fourth-order valence-corrected chi connectivity index (χ4v) is 1.37. The topological polar surface area (TPSA) is 93.3 Å². The Morgan fingerprint density at radius 1 is 1.26 bits per heavy atom. The van der Waals surface area contributed by atoms with E-state index in [0.29, 0.717) is 11.3 Å². The highest BCUT2D eigenvalue weighted by molar-refractivity contribution is 5.98. The lowest BCUT2D eigenvalue weighted by Crippen LogP contribution is -2.24. The van der Waals surface area contributed by atoms with Gasteiger partial charge in [0.05, 0.1) is 6.20 Å². The summed E-state index contributed by atoms with van der Waals surface area (Å²) in [6.45, 7) is 1.95. The van der Waals surface area contributed by atoms with Crippen LogP contribution in [-0.2, 0) is 0 Å². The summed E-state index contributed by atoms with van der Waals surface area (Å²) >= 11 is 0. The number of hydrogen-bond donors (Lipinski definition) is 2. The SMILES string of the molecule is Cc1ccc(C(=O)NN=C(N)c2cnccn2)cc1. The lowest BCUT2D eigenvalue weighted by Gasteiger charge is -2.02. The second-order valence-corrected chi connectivity index (χ2v) is 3.89. The van der Waals surface area contributed by atoms with Gasteiger partial charge >= 0.3 is 0 Å². The minimum Gasteiger partial charge on any atom is -0.380 e. The number of hydrogen-bond acceptors (Lipinski definition) is 4. The molecule has 19 heavy (non-hydrogen) atoms. The first-order valence-corrected chi connectivity index (χ1v) is 5.63. The zero-order valence-corrected chi connectivity index (χ0v) is 10.4. The van der Waals surface area contributed by atoms with E-state index in [0.717, 1.165) is 5.56 Å². The number of carbonyl (C=O) groups excluding carboxylic acids is 1. The third-order valence-electron chi connectivity index (χ3n) is 2.42. The predicted molar refractivity (Wildman–Crippen MR) is 71.4 cm³/mol. The molecule has 0 spiro atoms. The fourth-order valence-electron chi connectivity index (χ4n) is 1.37. The molecule has 0 atom stereocenters. The minimum absolute atomic E-state index is 0.105. The molecule has 1 aromatic heterocycles.